The van der Waals surface area contributed by atoms with Crippen molar-refractivity contribution in [1.29, 1.82) is 0 Å². The summed E-state index contributed by atoms with van der Waals surface area (Å²) in [6, 6.07) is 0. The summed E-state index contributed by atoms with van der Waals surface area (Å²) >= 11 is 0. The van der Waals surface area contributed by atoms with Crippen LogP contribution in [0.2, 0.25) is 0 Å². The van der Waals surface area contributed by atoms with E-state index < -0.39 is 6.10 Å². The lowest BCUT2D eigenvalue weighted by Gasteiger charge is -2.18. The lowest BCUT2D eigenvalue weighted by molar-refractivity contribution is -0.167. The third kappa shape index (κ3) is 47.7. The van der Waals surface area contributed by atoms with Gasteiger partial charge in [0.15, 0.2) is 6.10 Å². The normalized spacial score (nSPS) is 12.4. The summed E-state index contributed by atoms with van der Waals surface area (Å²) in [7, 11) is 0. The number of hydrogen-bond acceptors (Lipinski definition) is 6. The van der Waals surface area contributed by atoms with Crippen LogP contribution in [0.5, 0.6) is 0 Å². The number of hydrogen-bond donors (Lipinski definition) is 0. The lowest BCUT2D eigenvalue weighted by Crippen LogP contribution is -2.30. The quantitative estimate of drug-likeness (QED) is 0.0344. The molecule has 0 saturated heterocycles. The molecule has 0 aliphatic rings. The molecule has 0 radical (unpaired) electrons. The van der Waals surface area contributed by atoms with Gasteiger partial charge in [-0.2, -0.15) is 0 Å². The van der Waals surface area contributed by atoms with Gasteiger partial charge < -0.3 is 14.2 Å². The zero-order chi connectivity index (χ0) is 44.5. The maximum absolute atomic E-state index is 12.8. The minimum atomic E-state index is -0.762. The molecule has 6 nitrogen and oxygen atoms in total. The van der Waals surface area contributed by atoms with Crippen LogP contribution in [0, 0.1) is 5.92 Å². The Morgan fingerprint density at radius 3 is 0.852 bits per heavy atom. The van der Waals surface area contributed by atoms with Crippen molar-refractivity contribution in [2.45, 2.75) is 316 Å². The van der Waals surface area contributed by atoms with Gasteiger partial charge in [-0.25, -0.2) is 0 Å². The minimum absolute atomic E-state index is 0.0635. The van der Waals surface area contributed by atoms with E-state index >= 15 is 0 Å². The van der Waals surface area contributed by atoms with Crippen molar-refractivity contribution in [2.75, 3.05) is 13.2 Å². The van der Waals surface area contributed by atoms with Crippen LogP contribution in [0.1, 0.15) is 310 Å². The maximum atomic E-state index is 12.8. The SMILES string of the molecule is CCCCCCCCCCCCCCCCCCCC(=O)OC[C@@H](COC(=O)CCCCCCCCCCCCCCCCCC)OC(=O)CCCCCCCCC(C)CC. The van der Waals surface area contributed by atoms with E-state index in [0.29, 0.717) is 19.3 Å². The average Bonchev–Trinajstić information content (AvgIpc) is 3.26. The molecule has 0 bridgehead atoms. The smallest absolute Gasteiger partial charge is 0.306 e. The van der Waals surface area contributed by atoms with Crippen LogP contribution in [0.25, 0.3) is 0 Å². The van der Waals surface area contributed by atoms with Crippen molar-refractivity contribution >= 4 is 17.9 Å². The third-order valence-electron chi connectivity index (χ3n) is 12.9. The molecule has 6 heteroatoms. The Bertz CT molecular complexity index is 920. The van der Waals surface area contributed by atoms with Crippen LogP contribution in [-0.2, 0) is 28.6 Å². The van der Waals surface area contributed by atoms with Crippen LogP contribution in [0.4, 0.5) is 0 Å². The molecule has 0 aliphatic carbocycles. The van der Waals surface area contributed by atoms with Crippen LogP contribution in [0.3, 0.4) is 0 Å². The second-order valence-corrected chi connectivity index (χ2v) is 19.1. The molecule has 0 aromatic heterocycles. The second kappa shape index (κ2) is 49.4. The average molecular weight is 863 g/mol. The fourth-order valence-corrected chi connectivity index (χ4v) is 8.36. The largest absolute Gasteiger partial charge is 0.462 e. The fourth-order valence-electron chi connectivity index (χ4n) is 8.36. The van der Waals surface area contributed by atoms with Gasteiger partial charge in [-0.05, 0) is 25.2 Å². The van der Waals surface area contributed by atoms with Crippen molar-refractivity contribution < 1.29 is 28.6 Å². The van der Waals surface area contributed by atoms with E-state index in [0.717, 1.165) is 63.7 Å². The highest BCUT2D eigenvalue weighted by molar-refractivity contribution is 5.71. The zero-order valence-corrected chi connectivity index (χ0v) is 41.6. The number of carbonyl (C=O) groups excluding carboxylic acids is 3. The van der Waals surface area contributed by atoms with Gasteiger partial charge in [-0.1, -0.05) is 272 Å². The number of ether oxygens (including phenoxy) is 3. The molecule has 362 valence electrons. The van der Waals surface area contributed by atoms with E-state index in [1.54, 1.807) is 0 Å². The van der Waals surface area contributed by atoms with Gasteiger partial charge in [0.25, 0.3) is 0 Å². The first kappa shape index (κ1) is 59.4. The van der Waals surface area contributed by atoms with Crippen molar-refractivity contribution in [1.82, 2.24) is 0 Å². The van der Waals surface area contributed by atoms with Crippen LogP contribution in [-0.4, -0.2) is 37.2 Å². The van der Waals surface area contributed by atoms with Crippen molar-refractivity contribution in [3.8, 4) is 0 Å². The molecule has 0 rings (SSSR count). The maximum Gasteiger partial charge on any atom is 0.306 e. The van der Waals surface area contributed by atoms with E-state index in [4.69, 9.17) is 14.2 Å². The standard InChI is InChI=1S/C55H106O6/c1-5-8-10-12-14-16-18-20-22-24-26-28-30-32-34-39-43-47-54(57)60-50-52(61-55(58)48-44-40-36-35-37-41-45-51(4)7-3)49-59-53(56)46-42-38-33-31-29-27-25-23-21-19-17-15-13-11-9-6-2/h51-52H,5-50H2,1-4H3/t51?,52-/m1/s1. The summed E-state index contributed by atoms with van der Waals surface area (Å²) in [5, 5.41) is 0. The predicted octanol–water partition coefficient (Wildman–Crippen LogP) is 17.8. The minimum Gasteiger partial charge on any atom is -0.462 e. The van der Waals surface area contributed by atoms with E-state index in [1.807, 2.05) is 0 Å². The first-order valence-electron chi connectivity index (χ1n) is 27.4. The van der Waals surface area contributed by atoms with Crippen molar-refractivity contribution in [3.63, 3.8) is 0 Å². The summed E-state index contributed by atoms with van der Waals surface area (Å²) in [5.74, 6) is -0.0343. The molecule has 0 aromatic rings. The number of carbonyl (C=O) groups is 3. The van der Waals surface area contributed by atoms with Gasteiger partial charge in [-0.3, -0.25) is 14.4 Å². The van der Waals surface area contributed by atoms with E-state index in [2.05, 4.69) is 27.7 Å². The van der Waals surface area contributed by atoms with E-state index in [-0.39, 0.29) is 31.1 Å². The number of esters is 3. The molecule has 2 atom stereocenters. The molecule has 0 aromatic carbocycles. The number of unbranched alkanes of at least 4 members (excludes halogenated alkanes) is 36. The lowest BCUT2D eigenvalue weighted by atomic mass is 10.00. The first-order valence-corrected chi connectivity index (χ1v) is 27.4. The Hall–Kier alpha value is -1.59. The molecule has 0 fully saturated rings. The fraction of sp³-hybridized carbons (Fsp3) is 0.945. The highest BCUT2D eigenvalue weighted by atomic mass is 16.6. The Kier molecular flexibility index (Phi) is 48.1. The predicted molar refractivity (Wildman–Crippen MR) is 261 cm³/mol. The Labute approximate surface area is 380 Å². The van der Waals surface area contributed by atoms with Crippen LogP contribution < -0.4 is 0 Å². The van der Waals surface area contributed by atoms with Gasteiger partial charge in [0.1, 0.15) is 13.2 Å². The van der Waals surface area contributed by atoms with Gasteiger partial charge in [-0.15, -0.1) is 0 Å². The Morgan fingerprint density at radius 1 is 0.328 bits per heavy atom. The highest BCUT2D eigenvalue weighted by Gasteiger charge is 2.19. The van der Waals surface area contributed by atoms with Crippen molar-refractivity contribution in [3.05, 3.63) is 0 Å². The molecule has 0 saturated carbocycles. The molecular weight excluding hydrogens is 757 g/mol. The molecule has 0 N–H and O–H groups in total. The second-order valence-electron chi connectivity index (χ2n) is 19.1. The topological polar surface area (TPSA) is 78.9 Å². The summed E-state index contributed by atoms with van der Waals surface area (Å²) in [4.78, 5) is 38.0. The molecule has 1 unspecified atom stereocenters. The Morgan fingerprint density at radius 2 is 0.574 bits per heavy atom. The molecule has 0 aliphatic heterocycles. The highest BCUT2D eigenvalue weighted by Crippen LogP contribution is 2.18. The van der Waals surface area contributed by atoms with Gasteiger partial charge in [0.05, 0.1) is 0 Å². The van der Waals surface area contributed by atoms with Gasteiger partial charge in [0, 0.05) is 19.3 Å². The van der Waals surface area contributed by atoms with Crippen LogP contribution >= 0.6 is 0 Å². The van der Waals surface area contributed by atoms with E-state index in [9.17, 15) is 14.4 Å². The monoisotopic (exact) mass is 863 g/mol. The third-order valence-corrected chi connectivity index (χ3v) is 12.9. The summed E-state index contributed by atoms with van der Waals surface area (Å²) < 4.78 is 16.8. The number of rotatable bonds is 50. The first-order chi connectivity index (χ1) is 29.9. The van der Waals surface area contributed by atoms with Gasteiger partial charge in [0.2, 0.25) is 0 Å². The molecule has 0 heterocycles. The van der Waals surface area contributed by atoms with E-state index in [1.165, 1.54) is 205 Å². The molecule has 0 amide bonds. The summed E-state index contributed by atoms with van der Waals surface area (Å²) in [6.07, 6.45) is 52.4. The summed E-state index contributed by atoms with van der Waals surface area (Å²) in [6.45, 7) is 9.01. The van der Waals surface area contributed by atoms with Gasteiger partial charge >= 0.3 is 17.9 Å². The summed E-state index contributed by atoms with van der Waals surface area (Å²) in [5.41, 5.74) is 0. The molecular formula is C55H106O6. The molecule has 0 spiro atoms. The zero-order valence-electron chi connectivity index (χ0n) is 41.6. The van der Waals surface area contributed by atoms with Crippen molar-refractivity contribution in [2.24, 2.45) is 5.92 Å². The molecule has 61 heavy (non-hydrogen) atoms. The van der Waals surface area contributed by atoms with Crippen LogP contribution in [0.15, 0.2) is 0 Å². The Balaban J connectivity index is 4.24.